The molecule has 1 aliphatic rings. The maximum Gasteiger partial charge on any atom is 0.191 e. The van der Waals surface area contributed by atoms with Gasteiger partial charge in [-0.3, -0.25) is 0 Å². The Hall–Kier alpha value is -0.960. The molecule has 0 aromatic heterocycles. The minimum Gasteiger partial charge on any atom is -0.385 e. The van der Waals surface area contributed by atoms with Gasteiger partial charge in [-0.1, -0.05) is 12.8 Å². The van der Waals surface area contributed by atoms with Crippen molar-refractivity contribution in [2.45, 2.75) is 45.6 Å². The van der Waals surface area contributed by atoms with Gasteiger partial charge in [0.1, 0.15) is 11.6 Å². The van der Waals surface area contributed by atoms with Gasteiger partial charge in [0.05, 0.1) is 6.54 Å². The van der Waals surface area contributed by atoms with Crippen LogP contribution >= 0.6 is 24.0 Å². The molecule has 7 heteroatoms. The van der Waals surface area contributed by atoms with Crippen LogP contribution in [0.2, 0.25) is 0 Å². The number of methoxy groups -OCH3 is 1. The van der Waals surface area contributed by atoms with E-state index in [0.717, 1.165) is 31.7 Å². The molecule has 1 aromatic carbocycles. The molecule has 0 amide bonds. The van der Waals surface area contributed by atoms with E-state index >= 15 is 0 Å². The average Bonchev–Trinajstić information content (AvgIpc) is 3.07. The van der Waals surface area contributed by atoms with Gasteiger partial charge in [-0.05, 0) is 49.8 Å². The molecule has 2 rings (SSSR count). The molecule has 0 atom stereocenters. The molecule has 1 saturated carbocycles. The van der Waals surface area contributed by atoms with Gasteiger partial charge in [-0.25, -0.2) is 13.8 Å². The molecule has 0 saturated heterocycles. The van der Waals surface area contributed by atoms with Crippen LogP contribution in [-0.4, -0.2) is 32.8 Å². The molecular weight excluding hydrogens is 451 g/mol. The van der Waals surface area contributed by atoms with Gasteiger partial charge in [-0.2, -0.15) is 0 Å². The molecule has 26 heavy (non-hydrogen) atoms. The molecule has 4 nitrogen and oxygen atoms in total. The predicted octanol–water partition coefficient (Wildman–Crippen LogP) is 4.23. The van der Waals surface area contributed by atoms with Gasteiger partial charge >= 0.3 is 0 Å². The largest absolute Gasteiger partial charge is 0.385 e. The summed E-state index contributed by atoms with van der Waals surface area (Å²) in [6, 6.07) is 3.45. The van der Waals surface area contributed by atoms with Crippen LogP contribution in [-0.2, 0) is 11.3 Å². The van der Waals surface area contributed by atoms with Gasteiger partial charge in [0.25, 0.3) is 0 Å². The summed E-state index contributed by atoms with van der Waals surface area (Å²) in [6.45, 7) is 4.36. The average molecular weight is 481 g/mol. The smallest absolute Gasteiger partial charge is 0.191 e. The van der Waals surface area contributed by atoms with Crippen LogP contribution in [0.4, 0.5) is 8.78 Å². The number of aliphatic imine (C=N–C) groups is 1. The number of benzene rings is 1. The minimum atomic E-state index is -0.450. The second kappa shape index (κ2) is 11.7. The molecule has 1 aromatic rings. The van der Waals surface area contributed by atoms with Crippen molar-refractivity contribution in [3.8, 4) is 0 Å². The fourth-order valence-corrected chi connectivity index (χ4v) is 3.40. The number of halogens is 3. The van der Waals surface area contributed by atoms with E-state index in [1.165, 1.54) is 31.7 Å². The van der Waals surface area contributed by atoms with Crippen LogP contribution in [0.5, 0.6) is 0 Å². The highest BCUT2D eigenvalue weighted by Gasteiger charge is 2.33. The molecular formula is C19H30F2IN3O. The summed E-state index contributed by atoms with van der Waals surface area (Å²) in [5, 5.41) is 6.56. The van der Waals surface area contributed by atoms with Crippen molar-refractivity contribution in [1.29, 1.82) is 0 Å². The van der Waals surface area contributed by atoms with Crippen molar-refractivity contribution < 1.29 is 13.5 Å². The Morgan fingerprint density at radius 3 is 2.62 bits per heavy atom. The number of hydrogen-bond donors (Lipinski definition) is 2. The van der Waals surface area contributed by atoms with E-state index < -0.39 is 11.6 Å². The Labute approximate surface area is 172 Å². The van der Waals surface area contributed by atoms with Gasteiger partial charge in [0.2, 0.25) is 0 Å². The molecule has 1 aliphatic carbocycles. The SMILES string of the molecule is CCNC(=NCc1cc(F)ccc1F)NCC1(CCOC)CCCC1.I. The summed E-state index contributed by atoms with van der Waals surface area (Å²) in [5.74, 6) is -0.253. The lowest BCUT2D eigenvalue weighted by molar-refractivity contribution is 0.138. The highest BCUT2D eigenvalue weighted by atomic mass is 127. The third kappa shape index (κ3) is 6.98. The Morgan fingerprint density at radius 2 is 1.96 bits per heavy atom. The molecule has 0 heterocycles. The summed E-state index contributed by atoms with van der Waals surface area (Å²) in [5.41, 5.74) is 0.489. The van der Waals surface area contributed by atoms with Crippen molar-refractivity contribution in [3.63, 3.8) is 0 Å². The molecule has 0 unspecified atom stereocenters. The Morgan fingerprint density at radius 1 is 1.23 bits per heavy atom. The maximum atomic E-state index is 13.7. The number of nitrogens with zero attached hydrogens (tertiary/aromatic N) is 1. The topological polar surface area (TPSA) is 45.7 Å². The van der Waals surface area contributed by atoms with Crippen molar-refractivity contribution in [2.24, 2.45) is 10.4 Å². The lowest BCUT2D eigenvalue weighted by atomic mass is 9.83. The van der Waals surface area contributed by atoms with Crippen LogP contribution in [0.25, 0.3) is 0 Å². The van der Waals surface area contributed by atoms with E-state index in [1.807, 2.05) is 6.92 Å². The zero-order valence-corrected chi connectivity index (χ0v) is 17.9. The second-order valence-electron chi connectivity index (χ2n) is 6.73. The van der Waals surface area contributed by atoms with E-state index in [2.05, 4.69) is 15.6 Å². The van der Waals surface area contributed by atoms with E-state index in [1.54, 1.807) is 7.11 Å². The first-order chi connectivity index (χ1) is 12.1. The summed E-state index contributed by atoms with van der Waals surface area (Å²) in [7, 11) is 1.73. The molecule has 2 N–H and O–H groups in total. The first-order valence-electron chi connectivity index (χ1n) is 9.03. The lowest BCUT2D eigenvalue weighted by Gasteiger charge is -2.30. The quantitative estimate of drug-likeness (QED) is 0.332. The first kappa shape index (κ1) is 23.1. The third-order valence-electron chi connectivity index (χ3n) is 4.89. The first-order valence-corrected chi connectivity index (χ1v) is 9.03. The van der Waals surface area contributed by atoms with Crippen LogP contribution < -0.4 is 10.6 Å². The zero-order chi connectivity index (χ0) is 18.1. The van der Waals surface area contributed by atoms with Gasteiger partial charge in [-0.15, -0.1) is 24.0 Å². The summed E-state index contributed by atoms with van der Waals surface area (Å²) in [4.78, 5) is 4.41. The van der Waals surface area contributed by atoms with Crippen molar-refractivity contribution in [3.05, 3.63) is 35.4 Å². The van der Waals surface area contributed by atoms with Crippen LogP contribution in [0.15, 0.2) is 23.2 Å². The standard InChI is InChI=1S/C19H29F2N3O.HI/c1-3-22-18(23-13-15-12-16(20)6-7-17(15)21)24-14-19(10-11-25-2)8-4-5-9-19;/h6-7,12H,3-5,8-11,13-14H2,1-2H3,(H2,22,23,24);1H. The fourth-order valence-electron chi connectivity index (χ4n) is 3.40. The highest BCUT2D eigenvalue weighted by molar-refractivity contribution is 14.0. The number of nitrogens with one attached hydrogen (secondary N) is 2. The summed E-state index contributed by atoms with van der Waals surface area (Å²) < 4.78 is 32.3. The molecule has 0 bridgehead atoms. The Bertz CT molecular complexity index is 578. The van der Waals surface area contributed by atoms with Crippen molar-refractivity contribution >= 4 is 29.9 Å². The van der Waals surface area contributed by atoms with E-state index in [9.17, 15) is 8.78 Å². The number of guanidine groups is 1. The maximum absolute atomic E-state index is 13.7. The zero-order valence-electron chi connectivity index (χ0n) is 15.6. The highest BCUT2D eigenvalue weighted by Crippen LogP contribution is 2.40. The normalized spacial score (nSPS) is 16.2. The van der Waals surface area contributed by atoms with E-state index in [0.29, 0.717) is 12.5 Å². The molecule has 1 fully saturated rings. The Kier molecular flexibility index (Phi) is 10.4. The van der Waals surface area contributed by atoms with Gasteiger partial charge in [0, 0.05) is 32.4 Å². The van der Waals surface area contributed by atoms with Gasteiger partial charge in [0.15, 0.2) is 5.96 Å². The predicted molar refractivity (Wildman–Crippen MR) is 112 cm³/mol. The number of hydrogen-bond acceptors (Lipinski definition) is 2. The Balaban J connectivity index is 0.00000338. The van der Waals surface area contributed by atoms with Crippen molar-refractivity contribution in [2.75, 3.05) is 26.8 Å². The second-order valence-corrected chi connectivity index (χ2v) is 6.73. The number of ether oxygens (including phenoxy) is 1. The van der Waals surface area contributed by atoms with Crippen LogP contribution in [0, 0.1) is 17.0 Å². The van der Waals surface area contributed by atoms with Gasteiger partial charge < -0.3 is 15.4 Å². The van der Waals surface area contributed by atoms with E-state index in [4.69, 9.17) is 4.74 Å². The van der Waals surface area contributed by atoms with Crippen LogP contribution in [0.3, 0.4) is 0 Å². The molecule has 0 spiro atoms. The van der Waals surface area contributed by atoms with Crippen LogP contribution in [0.1, 0.15) is 44.6 Å². The molecule has 148 valence electrons. The lowest BCUT2D eigenvalue weighted by Crippen LogP contribution is -2.43. The number of rotatable bonds is 8. The molecule has 0 radical (unpaired) electrons. The third-order valence-corrected chi connectivity index (χ3v) is 4.89. The fraction of sp³-hybridized carbons (Fsp3) is 0.632. The van der Waals surface area contributed by atoms with Crippen molar-refractivity contribution in [1.82, 2.24) is 10.6 Å². The molecule has 0 aliphatic heterocycles. The summed E-state index contributed by atoms with van der Waals surface area (Å²) in [6.07, 6.45) is 5.87. The van der Waals surface area contributed by atoms with E-state index in [-0.39, 0.29) is 41.5 Å². The summed E-state index contributed by atoms with van der Waals surface area (Å²) >= 11 is 0. The monoisotopic (exact) mass is 481 g/mol. The minimum absolute atomic E-state index is 0.